The Morgan fingerprint density at radius 3 is 2.48 bits per heavy atom. The Hall–Kier alpha value is -2.09. The largest absolute Gasteiger partial charge is 0.433 e. The van der Waals surface area contributed by atoms with Gasteiger partial charge in [-0.2, -0.15) is 8.78 Å². The highest BCUT2D eigenvalue weighted by atomic mass is 35.5. The Morgan fingerprint density at radius 2 is 1.96 bits per heavy atom. The van der Waals surface area contributed by atoms with Crippen LogP contribution in [0, 0.1) is 0 Å². The molecule has 0 bridgehead atoms. The molecule has 1 rings (SSSR count). The molecule has 3 amide bonds. The van der Waals surface area contributed by atoms with E-state index in [2.05, 4.69) is 20.7 Å². The van der Waals surface area contributed by atoms with E-state index in [-0.39, 0.29) is 17.3 Å². The lowest BCUT2D eigenvalue weighted by molar-refractivity contribution is -0.118. The first-order chi connectivity index (χ1) is 10.6. The summed E-state index contributed by atoms with van der Waals surface area (Å²) in [6.45, 7) is 2.17. The van der Waals surface area contributed by atoms with Crippen molar-refractivity contribution in [2.24, 2.45) is 0 Å². The summed E-state index contributed by atoms with van der Waals surface area (Å²) in [6, 6.07) is 3.40. The summed E-state index contributed by atoms with van der Waals surface area (Å²) in [7, 11) is 0. The minimum atomic E-state index is -2.97. The molecular formula is C14H18ClF2N3O3. The third kappa shape index (κ3) is 7.64. The van der Waals surface area contributed by atoms with Crippen LogP contribution in [0.1, 0.15) is 20.8 Å². The topological polar surface area (TPSA) is 79.5 Å². The second-order valence-electron chi connectivity index (χ2n) is 5.63. The zero-order chi connectivity index (χ0) is 17.6. The Kier molecular flexibility index (Phi) is 6.56. The fourth-order valence-corrected chi connectivity index (χ4v) is 1.75. The van der Waals surface area contributed by atoms with Gasteiger partial charge >= 0.3 is 12.6 Å². The van der Waals surface area contributed by atoms with Gasteiger partial charge in [-0.1, -0.05) is 11.6 Å². The summed E-state index contributed by atoms with van der Waals surface area (Å²) in [5.41, 5.74) is -0.0470. The first-order valence-corrected chi connectivity index (χ1v) is 7.05. The summed E-state index contributed by atoms with van der Waals surface area (Å²) >= 11 is 5.78. The van der Waals surface area contributed by atoms with Crippen LogP contribution in [0.3, 0.4) is 0 Å². The van der Waals surface area contributed by atoms with E-state index in [0.29, 0.717) is 5.69 Å². The number of amides is 3. The minimum absolute atomic E-state index is 0.0267. The molecule has 6 nitrogen and oxygen atoms in total. The molecule has 0 aliphatic rings. The smallest absolute Gasteiger partial charge is 0.387 e. The maximum absolute atomic E-state index is 12.1. The predicted octanol–water partition coefficient (Wildman–Crippen LogP) is 2.98. The van der Waals surface area contributed by atoms with Gasteiger partial charge in [0.2, 0.25) is 5.91 Å². The van der Waals surface area contributed by atoms with E-state index in [9.17, 15) is 18.4 Å². The standard InChI is InChI=1S/C14H18ClF2N3O3/c1-14(2,3)20-13(22)19-11(21)7-18-8-4-5-10(9(15)6-8)23-12(16)17/h4-6,12,18H,7H2,1-3H3,(H2,19,20,21,22). The molecule has 1 aromatic carbocycles. The van der Waals surface area contributed by atoms with Crippen molar-refractivity contribution in [2.75, 3.05) is 11.9 Å². The monoisotopic (exact) mass is 349 g/mol. The maximum Gasteiger partial charge on any atom is 0.387 e. The minimum Gasteiger partial charge on any atom is -0.433 e. The van der Waals surface area contributed by atoms with Crippen LogP contribution in [0.15, 0.2) is 18.2 Å². The maximum atomic E-state index is 12.1. The van der Waals surface area contributed by atoms with E-state index >= 15 is 0 Å². The average Bonchev–Trinajstić information content (AvgIpc) is 2.36. The zero-order valence-corrected chi connectivity index (χ0v) is 13.6. The number of halogens is 3. The number of hydrogen-bond donors (Lipinski definition) is 3. The molecule has 0 aliphatic carbocycles. The Balaban J connectivity index is 2.50. The Bertz CT molecular complexity index is 577. The van der Waals surface area contributed by atoms with E-state index in [1.165, 1.54) is 18.2 Å². The van der Waals surface area contributed by atoms with Crippen LogP contribution in [-0.2, 0) is 4.79 Å². The highest BCUT2D eigenvalue weighted by molar-refractivity contribution is 6.32. The molecule has 0 spiro atoms. The quantitative estimate of drug-likeness (QED) is 0.763. The van der Waals surface area contributed by atoms with Gasteiger partial charge in [0.15, 0.2) is 0 Å². The number of anilines is 1. The second-order valence-corrected chi connectivity index (χ2v) is 6.04. The SMILES string of the molecule is CC(C)(C)NC(=O)NC(=O)CNc1ccc(OC(F)F)c(Cl)c1. The fraction of sp³-hybridized carbons (Fsp3) is 0.429. The van der Waals surface area contributed by atoms with Crippen molar-refractivity contribution >= 4 is 29.2 Å². The third-order valence-electron chi connectivity index (χ3n) is 2.34. The summed E-state index contributed by atoms with van der Waals surface area (Å²) in [4.78, 5) is 23.1. The third-order valence-corrected chi connectivity index (χ3v) is 2.64. The summed E-state index contributed by atoms with van der Waals surface area (Å²) in [5, 5.41) is 7.41. The highest BCUT2D eigenvalue weighted by Gasteiger charge is 2.15. The number of urea groups is 1. The molecule has 0 aromatic heterocycles. The van der Waals surface area contributed by atoms with Gasteiger partial charge in [0.05, 0.1) is 11.6 Å². The molecule has 0 atom stereocenters. The summed E-state index contributed by atoms with van der Waals surface area (Å²) in [5.74, 6) is -0.725. The predicted molar refractivity (Wildman–Crippen MR) is 83.0 cm³/mol. The second kappa shape index (κ2) is 7.96. The number of rotatable bonds is 5. The Morgan fingerprint density at radius 1 is 1.30 bits per heavy atom. The molecule has 128 valence electrons. The summed E-state index contributed by atoms with van der Waals surface area (Å²) in [6.07, 6.45) is 0. The van der Waals surface area contributed by atoms with Crippen LogP contribution in [0.2, 0.25) is 5.02 Å². The lowest BCUT2D eigenvalue weighted by Crippen LogP contribution is -2.49. The molecular weight excluding hydrogens is 332 g/mol. The number of carbonyl (C=O) groups excluding carboxylic acids is 2. The van der Waals surface area contributed by atoms with Gasteiger partial charge in [0.25, 0.3) is 0 Å². The first kappa shape index (κ1) is 19.0. The van der Waals surface area contributed by atoms with Gasteiger partial charge in [0, 0.05) is 11.2 Å². The van der Waals surface area contributed by atoms with Crippen LogP contribution in [0.5, 0.6) is 5.75 Å². The number of carbonyl (C=O) groups is 2. The molecule has 0 fully saturated rings. The lowest BCUT2D eigenvalue weighted by atomic mass is 10.1. The van der Waals surface area contributed by atoms with Crippen LogP contribution in [0.4, 0.5) is 19.3 Å². The number of benzene rings is 1. The first-order valence-electron chi connectivity index (χ1n) is 6.67. The lowest BCUT2D eigenvalue weighted by Gasteiger charge is -2.20. The van der Waals surface area contributed by atoms with Crippen molar-refractivity contribution in [3.8, 4) is 5.75 Å². The van der Waals surface area contributed by atoms with Crippen molar-refractivity contribution in [2.45, 2.75) is 32.9 Å². The molecule has 0 radical (unpaired) electrons. The number of imide groups is 1. The molecule has 0 saturated carbocycles. The van der Waals surface area contributed by atoms with Crippen LogP contribution in [-0.4, -0.2) is 30.6 Å². The fourth-order valence-electron chi connectivity index (χ4n) is 1.53. The number of ether oxygens (including phenoxy) is 1. The van der Waals surface area contributed by atoms with Crippen molar-refractivity contribution in [1.82, 2.24) is 10.6 Å². The van der Waals surface area contributed by atoms with E-state index in [1.807, 2.05) is 0 Å². The van der Waals surface area contributed by atoms with Crippen molar-refractivity contribution < 1.29 is 23.1 Å². The molecule has 0 unspecified atom stereocenters. The number of alkyl halides is 2. The van der Waals surface area contributed by atoms with Gasteiger partial charge in [-0.15, -0.1) is 0 Å². The molecule has 1 aromatic rings. The van der Waals surface area contributed by atoms with Crippen LogP contribution >= 0.6 is 11.6 Å². The van der Waals surface area contributed by atoms with E-state index in [1.54, 1.807) is 20.8 Å². The van der Waals surface area contributed by atoms with Gasteiger partial charge < -0.3 is 15.4 Å². The van der Waals surface area contributed by atoms with Gasteiger partial charge in [-0.25, -0.2) is 4.79 Å². The van der Waals surface area contributed by atoms with Crippen LogP contribution in [0.25, 0.3) is 0 Å². The molecule has 3 N–H and O–H groups in total. The number of hydrogen-bond acceptors (Lipinski definition) is 4. The van der Waals surface area contributed by atoms with Crippen molar-refractivity contribution in [3.05, 3.63) is 23.2 Å². The van der Waals surface area contributed by atoms with E-state index < -0.39 is 24.1 Å². The molecule has 0 heterocycles. The molecule has 23 heavy (non-hydrogen) atoms. The summed E-state index contributed by atoms with van der Waals surface area (Å²) < 4.78 is 28.4. The van der Waals surface area contributed by atoms with Crippen molar-refractivity contribution in [3.63, 3.8) is 0 Å². The van der Waals surface area contributed by atoms with E-state index in [0.717, 1.165) is 0 Å². The molecule has 9 heteroatoms. The normalized spacial score (nSPS) is 11.1. The van der Waals surface area contributed by atoms with Crippen LogP contribution < -0.4 is 20.7 Å². The van der Waals surface area contributed by atoms with Gasteiger partial charge in [-0.3, -0.25) is 10.1 Å². The molecule has 0 saturated heterocycles. The Labute approximate surface area is 137 Å². The van der Waals surface area contributed by atoms with Gasteiger partial charge in [0.1, 0.15) is 5.75 Å². The number of nitrogens with one attached hydrogen (secondary N) is 3. The highest BCUT2D eigenvalue weighted by Crippen LogP contribution is 2.28. The van der Waals surface area contributed by atoms with Crippen molar-refractivity contribution in [1.29, 1.82) is 0 Å². The van der Waals surface area contributed by atoms with E-state index in [4.69, 9.17) is 11.6 Å². The average molecular weight is 350 g/mol. The van der Waals surface area contributed by atoms with Gasteiger partial charge in [-0.05, 0) is 39.0 Å². The zero-order valence-electron chi connectivity index (χ0n) is 12.9. The molecule has 0 aliphatic heterocycles.